The number of hydrogen-bond acceptors (Lipinski definition) is 6. The van der Waals surface area contributed by atoms with Gasteiger partial charge < -0.3 is 4.90 Å². The third-order valence-electron chi connectivity index (χ3n) is 4.33. The lowest BCUT2D eigenvalue weighted by Crippen LogP contribution is -2.31. The normalized spacial score (nSPS) is 16.7. The fourth-order valence-electron chi connectivity index (χ4n) is 3.19. The topological polar surface area (TPSA) is 53.8 Å². The van der Waals surface area contributed by atoms with E-state index in [2.05, 4.69) is 29.7 Å². The highest BCUT2D eigenvalue weighted by Crippen LogP contribution is 2.39. The van der Waals surface area contributed by atoms with Crippen LogP contribution in [0.5, 0.6) is 0 Å². The molecule has 0 saturated carbocycles. The molecule has 0 aromatic heterocycles. The molecular formula is C17H22Cl2N4OS2. The zero-order chi connectivity index (χ0) is 18.0. The average Bonchev–Trinajstić information content (AvgIpc) is 2.60. The van der Waals surface area contributed by atoms with Crippen LogP contribution >= 0.6 is 48.9 Å². The molecule has 0 saturated heterocycles. The Morgan fingerprint density at radius 3 is 2.81 bits per heavy atom. The number of nitrogens with two attached hydrogens (primary N) is 1. The number of hydrogen-bond donors (Lipinski definition) is 2. The Hall–Kier alpha value is -0.640. The summed E-state index contributed by atoms with van der Waals surface area (Å²) < 4.78 is 6.86. The SMILES string of the molecule is CN1Cc2c(Cl)cc(Cl)cc2C(c2cccc(N(C)SONN)c2)C1.S. The Balaban J connectivity index is 0.00000243. The third-order valence-corrected chi connectivity index (χ3v) is 5.49. The van der Waals surface area contributed by atoms with E-state index in [1.165, 1.54) is 11.1 Å². The van der Waals surface area contributed by atoms with Crippen LogP contribution in [0.2, 0.25) is 10.0 Å². The van der Waals surface area contributed by atoms with Crippen molar-refractivity contribution in [2.45, 2.75) is 12.5 Å². The summed E-state index contributed by atoms with van der Waals surface area (Å²) in [6.45, 7) is 1.73. The van der Waals surface area contributed by atoms with Gasteiger partial charge in [-0.15, -0.1) is 5.59 Å². The molecule has 1 aliphatic rings. The van der Waals surface area contributed by atoms with E-state index >= 15 is 0 Å². The van der Waals surface area contributed by atoms with Crippen molar-refractivity contribution >= 4 is 54.6 Å². The van der Waals surface area contributed by atoms with Gasteiger partial charge in [0.25, 0.3) is 0 Å². The summed E-state index contributed by atoms with van der Waals surface area (Å²) in [5.41, 5.74) is 6.73. The van der Waals surface area contributed by atoms with Gasteiger partial charge in [0, 0.05) is 41.8 Å². The second-order valence-corrected chi connectivity index (χ2v) is 7.78. The maximum Gasteiger partial charge on any atom is 0.137 e. The van der Waals surface area contributed by atoms with Crippen LogP contribution < -0.4 is 15.7 Å². The third kappa shape index (κ3) is 4.79. The van der Waals surface area contributed by atoms with E-state index in [9.17, 15) is 0 Å². The minimum Gasteiger partial charge on any atom is -0.301 e. The van der Waals surface area contributed by atoms with E-state index in [1.54, 1.807) is 0 Å². The molecule has 1 atom stereocenters. The molecular weight excluding hydrogens is 411 g/mol. The van der Waals surface area contributed by atoms with Crippen LogP contribution in [0.25, 0.3) is 0 Å². The van der Waals surface area contributed by atoms with Crippen molar-refractivity contribution in [2.75, 3.05) is 24.9 Å². The van der Waals surface area contributed by atoms with Crippen molar-refractivity contribution < 1.29 is 4.28 Å². The molecule has 5 nitrogen and oxygen atoms in total. The molecule has 0 spiro atoms. The van der Waals surface area contributed by atoms with Crippen LogP contribution in [0.3, 0.4) is 0 Å². The van der Waals surface area contributed by atoms with Crippen LogP contribution in [0.4, 0.5) is 5.69 Å². The van der Waals surface area contributed by atoms with Crippen molar-refractivity contribution in [1.29, 1.82) is 0 Å². The maximum atomic E-state index is 6.45. The molecule has 26 heavy (non-hydrogen) atoms. The molecule has 0 aliphatic carbocycles. The van der Waals surface area contributed by atoms with Gasteiger partial charge in [-0.1, -0.05) is 35.3 Å². The fourth-order valence-corrected chi connectivity index (χ4v) is 4.11. The second kappa shape index (κ2) is 9.52. The number of benzene rings is 2. The fraction of sp³-hybridized carbons (Fsp3) is 0.294. The number of halogens is 2. The molecule has 142 valence electrons. The number of hydrazine groups is 1. The first-order valence-corrected chi connectivity index (χ1v) is 9.24. The average molecular weight is 433 g/mol. The maximum absolute atomic E-state index is 6.45. The first-order valence-electron chi connectivity index (χ1n) is 7.79. The summed E-state index contributed by atoms with van der Waals surface area (Å²) in [6.07, 6.45) is 0. The highest BCUT2D eigenvalue weighted by molar-refractivity contribution is 7.96. The molecule has 0 amide bonds. The standard InChI is InChI=1S/C17H20Cl2N4OS.H2S/c1-22-9-15(14-7-12(18)8-17(19)16(14)10-22)11-4-3-5-13(6-11)23(2)25-24-21-20;/h3-8,15,21H,9-10,20H2,1-2H3;1H2. The molecule has 0 fully saturated rings. The molecule has 3 rings (SSSR count). The molecule has 1 heterocycles. The van der Waals surface area contributed by atoms with Crippen LogP contribution in [0.1, 0.15) is 22.6 Å². The molecule has 0 radical (unpaired) electrons. The zero-order valence-electron chi connectivity index (χ0n) is 14.5. The van der Waals surface area contributed by atoms with Crippen LogP contribution in [-0.2, 0) is 10.8 Å². The van der Waals surface area contributed by atoms with Crippen LogP contribution in [0.15, 0.2) is 36.4 Å². The Kier molecular flexibility index (Phi) is 7.93. The summed E-state index contributed by atoms with van der Waals surface area (Å²) in [6, 6.07) is 12.2. The number of likely N-dealkylation sites (N-methyl/N-ethyl adjacent to an activating group) is 1. The van der Waals surface area contributed by atoms with Gasteiger partial charge >= 0.3 is 0 Å². The molecule has 3 N–H and O–H groups in total. The van der Waals surface area contributed by atoms with Gasteiger partial charge in [-0.25, -0.2) is 5.84 Å². The van der Waals surface area contributed by atoms with Crippen molar-refractivity contribution in [3.05, 3.63) is 63.1 Å². The van der Waals surface area contributed by atoms with E-state index in [0.717, 1.165) is 41.6 Å². The lowest BCUT2D eigenvalue weighted by atomic mass is 9.84. The van der Waals surface area contributed by atoms with Crippen molar-refractivity contribution in [2.24, 2.45) is 5.84 Å². The highest BCUT2D eigenvalue weighted by Gasteiger charge is 2.27. The van der Waals surface area contributed by atoms with E-state index in [0.29, 0.717) is 5.02 Å². The molecule has 0 bridgehead atoms. The van der Waals surface area contributed by atoms with Gasteiger partial charge in [0.1, 0.15) is 12.2 Å². The van der Waals surface area contributed by atoms with E-state index in [-0.39, 0.29) is 19.4 Å². The van der Waals surface area contributed by atoms with E-state index in [1.807, 2.05) is 35.6 Å². The minimum atomic E-state index is 0. The number of anilines is 1. The quantitative estimate of drug-likeness (QED) is 0.321. The molecule has 2 aromatic rings. The summed E-state index contributed by atoms with van der Waals surface area (Å²) in [5.74, 6) is 5.35. The lowest BCUT2D eigenvalue weighted by molar-refractivity contribution is 0.242. The summed E-state index contributed by atoms with van der Waals surface area (Å²) >= 11 is 13.8. The zero-order valence-corrected chi connectivity index (χ0v) is 17.8. The molecule has 2 aromatic carbocycles. The number of nitrogens with zero attached hydrogens (tertiary/aromatic N) is 2. The minimum absolute atomic E-state index is 0. The number of rotatable bonds is 5. The Morgan fingerprint density at radius 2 is 2.08 bits per heavy atom. The van der Waals surface area contributed by atoms with E-state index < -0.39 is 0 Å². The second-order valence-electron chi connectivity index (χ2n) is 6.07. The van der Waals surface area contributed by atoms with Gasteiger partial charge in [-0.2, -0.15) is 17.8 Å². The Labute approximate surface area is 175 Å². The largest absolute Gasteiger partial charge is 0.301 e. The summed E-state index contributed by atoms with van der Waals surface area (Å²) in [5, 5.41) is 1.40. The predicted molar refractivity (Wildman–Crippen MR) is 116 cm³/mol. The van der Waals surface area contributed by atoms with Crippen molar-refractivity contribution in [3.8, 4) is 0 Å². The number of nitrogens with one attached hydrogen (secondary N) is 1. The van der Waals surface area contributed by atoms with Gasteiger partial charge in [-0.3, -0.25) is 4.31 Å². The molecule has 1 aliphatic heterocycles. The van der Waals surface area contributed by atoms with Crippen LogP contribution in [0, 0.1) is 0 Å². The van der Waals surface area contributed by atoms with E-state index in [4.69, 9.17) is 33.3 Å². The molecule has 1 unspecified atom stereocenters. The first-order chi connectivity index (χ1) is 12.0. The van der Waals surface area contributed by atoms with Gasteiger partial charge in [0.15, 0.2) is 0 Å². The Bertz CT molecular complexity index is 766. The van der Waals surface area contributed by atoms with Crippen molar-refractivity contribution in [1.82, 2.24) is 10.5 Å². The first kappa shape index (κ1) is 21.7. The Morgan fingerprint density at radius 1 is 1.31 bits per heavy atom. The highest BCUT2D eigenvalue weighted by atomic mass is 35.5. The van der Waals surface area contributed by atoms with Crippen LogP contribution in [-0.4, -0.2) is 25.5 Å². The number of fused-ring (bicyclic) bond motifs is 1. The smallest absolute Gasteiger partial charge is 0.137 e. The predicted octanol–water partition coefficient (Wildman–Crippen LogP) is 4.08. The van der Waals surface area contributed by atoms with Gasteiger partial charge in [0.2, 0.25) is 0 Å². The van der Waals surface area contributed by atoms with Gasteiger partial charge in [0.05, 0.1) is 0 Å². The monoisotopic (exact) mass is 432 g/mol. The lowest BCUT2D eigenvalue weighted by Gasteiger charge is -2.33. The van der Waals surface area contributed by atoms with Gasteiger partial charge in [-0.05, 0) is 48.0 Å². The summed E-state index contributed by atoms with van der Waals surface area (Å²) in [7, 11) is 4.02. The van der Waals surface area contributed by atoms with Crippen molar-refractivity contribution in [3.63, 3.8) is 0 Å². The summed E-state index contributed by atoms with van der Waals surface area (Å²) in [4.78, 5) is 2.28. The molecule has 9 heteroatoms.